The molecule has 0 spiro atoms. The molecule has 0 aliphatic carbocycles. The largest absolute Gasteiger partial charge is 0.381 e. The lowest BCUT2D eigenvalue weighted by atomic mass is 10.1. The Morgan fingerprint density at radius 1 is 0.609 bits per heavy atom. The number of unbranched alkanes of at least 4 members (excludes halogenated alkanes) is 13. The molecule has 138 valence electrons. The van der Waals surface area contributed by atoms with Crippen LogP contribution in [0.25, 0.3) is 0 Å². The van der Waals surface area contributed by atoms with Gasteiger partial charge in [-0.05, 0) is 32.6 Å². The van der Waals surface area contributed by atoms with Gasteiger partial charge in [0.2, 0.25) is 0 Å². The van der Waals surface area contributed by atoms with Gasteiger partial charge in [0.25, 0.3) is 0 Å². The van der Waals surface area contributed by atoms with Gasteiger partial charge in [-0.1, -0.05) is 89.5 Å². The fourth-order valence-corrected chi connectivity index (χ4v) is 2.95. The van der Waals surface area contributed by atoms with E-state index in [1.165, 1.54) is 108 Å². The van der Waals surface area contributed by atoms with Gasteiger partial charge in [0.05, 0.1) is 0 Å². The topological polar surface area (TPSA) is 9.23 Å². The molecule has 0 fully saturated rings. The highest BCUT2D eigenvalue weighted by Gasteiger charge is 1.95. The highest BCUT2D eigenvalue weighted by molar-refractivity contribution is 4.86. The summed E-state index contributed by atoms with van der Waals surface area (Å²) in [5.41, 5.74) is 1.32. The van der Waals surface area contributed by atoms with Crippen molar-refractivity contribution in [3.05, 3.63) is 12.2 Å². The van der Waals surface area contributed by atoms with Crippen molar-refractivity contribution in [1.29, 1.82) is 0 Å². The molecule has 0 saturated carbocycles. The summed E-state index contributed by atoms with van der Waals surface area (Å²) in [7, 11) is 0. The zero-order valence-electron chi connectivity index (χ0n) is 16.3. The summed E-state index contributed by atoms with van der Waals surface area (Å²) in [4.78, 5) is 0. The normalized spacial score (nSPS) is 11.0. The van der Waals surface area contributed by atoms with Crippen molar-refractivity contribution in [2.75, 3.05) is 13.2 Å². The molecule has 0 rings (SSSR count). The van der Waals surface area contributed by atoms with Crippen molar-refractivity contribution in [2.24, 2.45) is 0 Å². The third kappa shape index (κ3) is 21.7. The molecule has 1 nitrogen and oxygen atoms in total. The van der Waals surface area contributed by atoms with Crippen LogP contribution in [0.15, 0.2) is 12.2 Å². The molecule has 0 unspecified atom stereocenters. The molecule has 0 aliphatic rings. The van der Waals surface area contributed by atoms with Gasteiger partial charge in [-0.2, -0.15) is 0 Å². The van der Waals surface area contributed by atoms with Crippen LogP contribution in [0.2, 0.25) is 0 Å². The zero-order valence-corrected chi connectivity index (χ0v) is 16.3. The van der Waals surface area contributed by atoms with Crippen LogP contribution in [0.1, 0.15) is 117 Å². The van der Waals surface area contributed by atoms with Crippen molar-refractivity contribution >= 4 is 0 Å². The molecule has 0 N–H and O–H groups in total. The summed E-state index contributed by atoms with van der Waals surface area (Å²) < 4.78 is 5.74. The van der Waals surface area contributed by atoms with Crippen molar-refractivity contribution in [2.45, 2.75) is 117 Å². The molecular weight excluding hydrogens is 280 g/mol. The van der Waals surface area contributed by atoms with E-state index in [2.05, 4.69) is 20.4 Å². The SMILES string of the molecule is C=C(C)CCCCCCCOCCCCCCCCCCCC. The van der Waals surface area contributed by atoms with Crippen molar-refractivity contribution in [3.8, 4) is 0 Å². The van der Waals surface area contributed by atoms with Crippen LogP contribution in [0, 0.1) is 0 Å². The van der Waals surface area contributed by atoms with Crippen LogP contribution in [0.5, 0.6) is 0 Å². The molecule has 0 radical (unpaired) electrons. The Kier molecular flexibility index (Phi) is 19.5. The van der Waals surface area contributed by atoms with E-state index >= 15 is 0 Å². The molecule has 0 heterocycles. The zero-order chi connectivity index (χ0) is 17.0. The predicted molar refractivity (Wildman–Crippen MR) is 105 cm³/mol. The lowest BCUT2D eigenvalue weighted by Gasteiger charge is -2.05. The van der Waals surface area contributed by atoms with E-state index in [1.54, 1.807) is 0 Å². The minimum atomic E-state index is 0.970. The molecule has 0 aromatic heterocycles. The first-order chi connectivity index (χ1) is 11.3. The third-order valence-corrected chi connectivity index (χ3v) is 4.53. The first-order valence-electron chi connectivity index (χ1n) is 10.5. The summed E-state index contributed by atoms with van der Waals surface area (Å²) >= 11 is 0. The van der Waals surface area contributed by atoms with E-state index in [9.17, 15) is 0 Å². The molecule has 0 bridgehead atoms. The van der Waals surface area contributed by atoms with Crippen LogP contribution in [0.4, 0.5) is 0 Å². The highest BCUT2D eigenvalue weighted by atomic mass is 16.5. The van der Waals surface area contributed by atoms with Gasteiger partial charge in [0.15, 0.2) is 0 Å². The quantitative estimate of drug-likeness (QED) is 0.174. The fraction of sp³-hybridized carbons (Fsp3) is 0.909. The van der Waals surface area contributed by atoms with E-state index in [4.69, 9.17) is 4.74 Å². The minimum absolute atomic E-state index is 0.970. The first kappa shape index (κ1) is 22.7. The fourth-order valence-electron chi connectivity index (χ4n) is 2.95. The molecule has 0 aliphatic heterocycles. The van der Waals surface area contributed by atoms with Gasteiger partial charge >= 0.3 is 0 Å². The van der Waals surface area contributed by atoms with Crippen LogP contribution in [-0.4, -0.2) is 13.2 Å². The van der Waals surface area contributed by atoms with E-state index in [1.807, 2.05) is 0 Å². The van der Waals surface area contributed by atoms with Gasteiger partial charge in [0, 0.05) is 13.2 Å². The highest BCUT2D eigenvalue weighted by Crippen LogP contribution is 2.11. The number of hydrogen-bond donors (Lipinski definition) is 0. The molecule has 0 amide bonds. The van der Waals surface area contributed by atoms with Crippen molar-refractivity contribution in [1.82, 2.24) is 0 Å². The van der Waals surface area contributed by atoms with Gasteiger partial charge in [-0.3, -0.25) is 0 Å². The standard InChI is InChI=1S/C22H44O/c1-4-5-6-7-8-9-10-11-14-17-20-23-21-18-15-12-13-16-19-22(2)3/h2,4-21H2,1,3H3. The number of ether oxygens (including phenoxy) is 1. The van der Waals surface area contributed by atoms with Crippen LogP contribution in [-0.2, 0) is 4.74 Å². The lowest BCUT2D eigenvalue weighted by molar-refractivity contribution is 0.125. The second-order valence-electron chi connectivity index (χ2n) is 7.27. The van der Waals surface area contributed by atoms with Gasteiger partial charge < -0.3 is 4.74 Å². The maximum atomic E-state index is 5.74. The second-order valence-corrected chi connectivity index (χ2v) is 7.27. The summed E-state index contributed by atoms with van der Waals surface area (Å²) in [6, 6.07) is 0. The van der Waals surface area contributed by atoms with Crippen molar-refractivity contribution < 1.29 is 4.74 Å². The Balaban J connectivity index is 2.96. The van der Waals surface area contributed by atoms with E-state index in [0.717, 1.165) is 13.2 Å². The number of allylic oxidation sites excluding steroid dienone is 1. The number of hydrogen-bond acceptors (Lipinski definition) is 1. The summed E-state index contributed by atoms with van der Waals surface area (Å²) in [6.07, 6.45) is 21.8. The molecule has 23 heavy (non-hydrogen) atoms. The second kappa shape index (κ2) is 19.7. The maximum absolute atomic E-state index is 5.74. The van der Waals surface area contributed by atoms with E-state index in [0.29, 0.717) is 0 Å². The Morgan fingerprint density at radius 2 is 1.00 bits per heavy atom. The lowest BCUT2D eigenvalue weighted by Crippen LogP contribution is -1.97. The molecule has 0 saturated heterocycles. The van der Waals surface area contributed by atoms with E-state index in [-0.39, 0.29) is 0 Å². The summed E-state index contributed by atoms with van der Waals surface area (Å²) in [5.74, 6) is 0. The number of rotatable bonds is 19. The summed E-state index contributed by atoms with van der Waals surface area (Å²) in [6.45, 7) is 10.3. The molecule has 0 aromatic carbocycles. The molecule has 0 aromatic rings. The summed E-state index contributed by atoms with van der Waals surface area (Å²) in [5, 5.41) is 0. The van der Waals surface area contributed by atoms with Crippen LogP contribution < -0.4 is 0 Å². The monoisotopic (exact) mass is 324 g/mol. The smallest absolute Gasteiger partial charge is 0.0466 e. The Labute approximate surface area is 147 Å². The first-order valence-corrected chi connectivity index (χ1v) is 10.5. The van der Waals surface area contributed by atoms with Crippen molar-refractivity contribution in [3.63, 3.8) is 0 Å². The predicted octanol–water partition coefficient (Wildman–Crippen LogP) is 7.84. The minimum Gasteiger partial charge on any atom is -0.381 e. The van der Waals surface area contributed by atoms with Gasteiger partial charge in [-0.25, -0.2) is 0 Å². The average Bonchev–Trinajstić information content (AvgIpc) is 2.53. The van der Waals surface area contributed by atoms with E-state index < -0.39 is 0 Å². The Bertz CT molecular complexity index is 234. The van der Waals surface area contributed by atoms with Crippen LogP contribution in [0.3, 0.4) is 0 Å². The molecule has 1 heteroatoms. The average molecular weight is 325 g/mol. The van der Waals surface area contributed by atoms with Crippen LogP contribution >= 0.6 is 0 Å². The van der Waals surface area contributed by atoms with Gasteiger partial charge in [0.1, 0.15) is 0 Å². The Morgan fingerprint density at radius 3 is 1.43 bits per heavy atom. The maximum Gasteiger partial charge on any atom is 0.0466 e. The molecule has 0 atom stereocenters. The molecular formula is C22H44O. The third-order valence-electron chi connectivity index (χ3n) is 4.53. The Hall–Kier alpha value is -0.300. The van der Waals surface area contributed by atoms with Gasteiger partial charge in [-0.15, -0.1) is 6.58 Å².